The van der Waals surface area contributed by atoms with Gasteiger partial charge in [-0.25, -0.2) is 4.98 Å². The Morgan fingerprint density at radius 3 is 2.63 bits per heavy atom. The Bertz CT molecular complexity index is 1140. The topological polar surface area (TPSA) is 96.8 Å². The fraction of sp³-hybridized carbons (Fsp3) is 0.500. The van der Waals surface area contributed by atoms with Crippen molar-refractivity contribution in [2.75, 3.05) is 13.1 Å². The number of likely N-dealkylation sites (tertiary alicyclic amines) is 1. The third-order valence-electron chi connectivity index (χ3n) is 6.48. The summed E-state index contributed by atoms with van der Waals surface area (Å²) >= 11 is 0. The van der Waals surface area contributed by atoms with Crippen LogP contribution in [-0.4, -0.2) is 54.6 Å². The number of H-pyrrole nitrogens is 1. The molecule has 4 heterocycles. The molecule has 3 aromatic rings. The molecule has 0 saturated carbocycles. The van der Waals surface area contributed by atoms with Gasteiger partial charge in [-0.05, 0) is 57.6 Å². The fourth-order valence-corrected chi connectivity index (χ4v) is 4.85. The number of carbonyl (C=O) groups is 2. The number of amides is 1. The highest BCUT2D eigenvalue weighted by Gasteiger charge is 2.44. The zero-order valence-corrected chi connectivity index (χ0v) is 17.6. The SMILES string of the molecule is CC(C)(C)n1ncc2c1C(=O)CC1(CCN(C(=O)c3ccc4cn[nH]c4n3)CC1)C2. The molecule has 0 radical (unpaired) electrons. The summed E-state index contributed by atoms with van der Waals surface area (Å²) in [4.78, 5) is 32.3. The van der Waals surface area contributed by atoms with Gasteiger partial charge in [-0.1, -0.05) is 0 Å². The van der Waals surface area contributed by atoms with Gasteiger partial charge in [0.1, 0.15) is 11.4 Å². The van der Waals surface area contributed by atoms with Crippen LogP contribution in [0.15, 0.2) is 24.5 Å². The molecule has 1 amide bonds. The summed E-state index contributed by atoms with van der Waals surface area (Å²) in [5, 5.41) is 12.2. The lowest BCUT2D eigenvalue weighted by molar-refractivity contribution is 0.0511. The molecule has 5 rings (SSSR count). The second-order valence-electron chi connectivity index (χ2n) is 9.67. The van der Waals surface area contributed by atoms with E-state index in [1.54, 1.807) is 12.3 Å². The molecular weight excluding hydrogens is 380 g/mol. The molecule has 2 aliphatic rings. The zero-order valence-electron chi connectivity index (χ0n) is 17.6. The number of Topliss-reactive ketones (excluding diaryl/α,β-unsaturated/α-hetero) is 1. The van der Waals surface area contributed by atoms with Crippen molar-refractivity contribution < 1.29 is 9.59 Å². The van der Waals surface area contributed by atoms with Gasteiger partial charge in [0.2, 0.25) is 0 Å². The number of fused-ring (bicyclic) bond motifs is 2. The van der Waals surface area contributed by atoms with Gasteiger partial charge >= 0.3 is 0 Å². The minimum absolute atomic E-state index is 0.0651. The van der Waals surface area contributed by atoms with Crippen LogP contribution in [0.5, 0.6) is 0 Å². The number of pyridine rings is 1. The molecular formula is C22H26N6O2. The maximum atomic E-state index is 13.1. The highest BCUT2D eigenvalue weighted by atomic mass is 16.2. The second kappa shape index (κ2) is 6.48. The van der Waals surface area contributed by atoms with E-state index < -0.39 is 0 Å². The molecule has 1 N–H and O–H groups in total. The predicted octanol–water partition coefficient (Wildman–Crippen LogP) is 2.96. The van der Waals surface area contributed by atoms with E-state index in [1.165, 1.54) is 0 Å². The van der Waals surface area contributed by atoms with E-state index >= 15 is 0 Å². The number of rotatable bonds is 1. The van der Waals surface area contributed by atoms with Crippen LogP contribution in [0.4, 0.5) is 0 Å². The number of aromatic nitrogens is 5. The zero-order chi connectivity index (χ0) is 21.1. The summed E-state index contributed by atoms with van der Waals surface area (Å²) in [5.74, 6) is 0.111. The molecule has 30 heavy (non-hydrogen) atoms. The van der Waals surface area contributed by atoms with Crippen molar-refractivity contribution in [3.8, 4) is 0 Å². The maximum absolute atomic E-state index is 13.1. The van der Waals surface area contributed by atoms with Gasteiger partial charge in [-0.3, -0.25) is 19.4 Å². The predicted molar refractivity (Wildman–Crippen MR) is 111 cm³/mol. The summed E-state index contributed by atoms with van der Waals surface area (Å²) in [6.07, 6.45) is 6.57. The maximum Gasteiger partial charge on any atom is 0.272 e. The molecule has 0 aromatic carbocycles. The Balaban J connectivity index is 1.32. The molecule has 1 spiro atoms. The largest absolute Gasteiger partial charge is 0.337 e. The van der Waals surface area contributed by atoms with E-state index in [4.69, 9.17) is 0 Å². The molecule has 0 atom stereocenters. The molecule has 0 bridgehead atoms. The Hall–Kier alpha value is -3.03. The highest BCUT2D eigenvalue weighted by Crippen LogP contribution is 2.44. The number of hydrogen-bond acceptors (Lipinski definition) is 5. The van der Waals surface area contributed by atoms with E-state index in [2.05, 4.69) is 41.1 Å². The average Bonchev–Trinajstić information content (AvgIpc) is 3.34. The minimum atomic E-state index is -0.216. The summed E-state index contributed by atoms with van der Waals surface area (Å²) in [7, 11) is 0. The number of piperidine rings is 1. The number of ketones is 1. The van der Waals surface area contributed by atoms with Crippen molar-refractivity contribution in [3.05, 3.63) is 41.5 Å². The Morgan fingerprint density at radius 1 is 1.13 bits per heavy atom. The van der Waals surface area contributed by atoms with E-state index in [0.29, 0.717) is 30.9 Å². The van der Waals surface area contributed by atoms with E-state index in [9.17, 15) is 9.59 Å². The third kappa shape index (κ3) is 3.02. The molecule has 8 heteroatoms. The standard InChI is InChI=1S/C22H26N6O2/c1-21(2,3)28-18-15(13-24-28)10-22(11-17(18)29)6-8-27(9-7-22)20(30)16-5-4-14-12-23-26-19(14)25-16/h4-5,12-13H,6-11H2,1-3H3,(H,23,25,26). The van der Waals surface area contributed by atoms with Crippen LogP contribution in [0.1, 0.15) is 66.6 Å². The smallest absolute Gasteiger partial charge is 0.272 e. The first-order chi connectivity index (χ1) is 14.3. The molecule has 3 aromatic heterocycles. The number of nitrogens with one attached hydrogen (secondary N) is 1. The normalized spacial score (nSPS) is 18.8. The quantitative estimate of drug-likeness (QED) is 0.670. The molecule has 1 aliphatic carbocycles. The van der Waals surface area contributed by atoms with Crippen molar-refractivity contribution in [1.29, 1.82) is 0 Å². The third-order valence-corrected chi connectivity index (χ3v) is 6.48. The van der Waals surface area contributed by atoms with Crippen LogP contribution in [0.25, 0.3) is 11.0 Å². The minimum Gasteiger partial charge on any atom is -0.337 e. The van der Waals surface area contributed by atoms with E-state index in [0.717, 1.165) is 35.9 Å². The number of carbonyl (C=O) groups excluding carboxylic acids is 2. The van der Waals surface area contributed by atoms with Gasteiger partial charge in [0.25, 0.3) is 5.91 Å². The van der Waals surface area contributed by atoms with Crippen molar-refractivity contribution in [2.45, 2.75) is 52.0 Å². The summed E-state index contributed by atoms with van der Waals surface area (Å²) in [6.45, 7) is 7.47. The summed E-state index contributed by atoms with van der Waals surface area (Å²) in [5.41, 5.74) is 2.57. The lowest BCUT2D eigenvalue weighted by Crippen LogP contribution is -2.46. The lowest BCUT2D eigenvalue weighted by Gasteiger charge is -2.43. The molecule has 1 aliphatic heterocycles. The molecule has 8 nitrogen and oxygen atoms in total. The molecule has 0 unspecified atom stereocenters. The average molecular weight is 406 g/mol. The van der Waals surface area contributed by atoms with Gasteiger partial charge in [0.05, 0.1) is 17.9 Å². The summed E-state index contributed by atoms with van der Waals surface area (Å²) in [6, 6.07) is 3.61. The van der Waals surface area contributed by atoms with Crippen LogP contribution in [0.2, 0.25) is 0 Å². The van der Waals surface area contributed by atoms with Gasteiger partial charge < -0.3 is 4.90 Å². The van der Waals surface area contributed by atoms with Crippen molar-refractivity contribution in [2.24, 2.45) is 5.41 Å². The van der Waals surface area contributed by atoms with Crippen LogP contribution in [0.3, 0.4) is 0 Å². The first kappa shape index (κ1) is 19.0. The second-order valence-corrected chi connectivity index (χ2v) is 9.67. The monoisotopic (exact) mass is 406 g/mol. The van der Waals surface area contributed by atoms with Crippen LogP contribution in [0, 0.1) is 5.41 Å². The van der Waals surface area contributed by atoms with E-state index in [1.807, 2.05) is 21.8 Å². The first-order valence-electron chi connectivity index (χ1n) is 10.5. The Labute approximate surface area is 174 Å². The number of aromatic amines is 1. The van der Waals surface area contributed by atoms with Crippen molar-refractivity contribution >= 4 is 22.7 Å². The number of hydrogen-bond donors (Lipinski definition) is 1. The fourth-order valence-electron chi connectivity index (χ4n) is 4.85. The van der Waals surface area contributed by atoms with E-state index in [-0.39, 0.29) is 22.6 Å². The summed E-state index contributed by atoms with van der Waals surface area (Å²) < 4.78 is 1.87. The van der Waals surface area contributed by atoms with Gasteiger partial charge in [0, 0.05) is 30.5 Å². The molecule has 156 valence electrons. The first-order valence-corrected chi connectivity index (χ1v) is 10.5. The Morgan fingerprint density at radius 2 is 1.90 bits per heavy atom. The van der Waals surface area contributed by atoms with Gasteiger partial charge in [0.15, 0.2) is 11.4 Å². The van der Waals surface area contributed by atoms with Gasteiger partial charge in [-0.15, -0.1) is 0 Å². The van der Waals surface area contributed by atoms with Gasteiger partial charge in [-0.2, -0.15) is 10.2 Å². The molecule has 1 fully saturated rings. The lowest BCUT2D eigenvalue weighted by atomic mass is 9.67. The Kier molecular flexibility index (Phi) is 4.10. The number of nitrogens with zero attached hydrogens (tertiary/aromatic N) is 5. The van der Waals surface area contributed by atoms with Crippen molar-refractivity contribution in [3.63, 3.8) is 0 Å². The van der Waals surface area contributed by atoms with Crippen molar-refractivity contribution in [1.82, 2.24) is 29.9 Å². The van der Waals surface area contributed by atoms with Crippen LogP contribution >= 0.6 is 0 Å². The van der Waals surface area contributed by atoms with Crippen LogP contribution < -0.4 is 0 Å². The molecule has 1 saturated heterocycles. The van der Waals surface area contributed by atoms with Crippen LogP contribution in [-0.2, 0) is 12.0 Å². The highest BCUT2D eigenvalue weighted by molar-refractivity contribution is 5.98.